The van der Waals surface area contributed by atoms with Gasteiger partial charge in [0.2, 0.25) is 0 Å². The van der Waals surface area contributed by atoms with E-state index in [0.717, 1.165) is 32.7 Å². The largest absolute Gasteiger partial charge is 0.460 e. The first-order chi connectivity index (χ1) is 11.2. The number of carbonyl (C=O) groups excluding carboxylic acids is 2. The van der Waals surface area contributed by atoms with E-state index < -0.39 is 0 Å². The second-order valence-corrected chi connectivity index (χ2v) is 6.02. The molecule has 23 heavy (non-hydrogen) atoms. The zero-order valence-electron chi connectivity index (χ0n) is 12.3. The molecule has 2 aliphatic rings. The Kier molecular flexibility index (Phi) is 2.35. The van der Waals surface area contributed by atoms with Gasteiger partial charge < -0.3 is 4.42 Å². The fourth-order valence-electron chi connectivity index (χ4n) is 3.63. The van der Waals surface area contributed by atoms with Crippen LogP contribution >= 0.6 is 0 Å². The Morgan fingerprint density at radius 2 is 1.87 bits per heavy atom. The predicted octanol–water partition coefficient (Wildman–Crippen LogP) is 2.10. The summed E-state index contributed by atoms with van der Waals surface area (Å²) in [6.45, 7) is 0. The minimum atomic E-state index is 0.0132. The summed E-state index contributed by atoms with van der Waals surface area (Å²) in [5, 5.41) is 2.66. The zero-order chi connectivity index (χ0) is 15.6. The van der Waals surface area contributed by atoms with Crippen LogP contribution in [0.3, 0.4) is 0 Å². The molecule has 0 saturated heterocycles. The third kappa shape index (κ3) is 1.65. The number of hydrogen-bond acceptors (Lipinski definition) is 3. The number of benzene rings is 2. The molecule has 2 aromatic carbocycles. The summed E-state index contributed by atoms with van der Waals surface area (Å²) in [6.07, 6.45) is 4.55. The van der Waals surface area contributed by atoms with E-state index in [1.807, 2.05) is 42.5 Å². The first-order valence-corrected chi connectivity index (χ1v) is 7.64. The molecule has 0 N–H and O–H groups in total. The Morgan fingerprint density at radius 1 is 1.00 bits per heavy atom. The molecule has 2 aliphatic carbocycles. The van der Waals surface area contributed by atoms with Crippen molar-refractivity contribution in [3.63, 3.8) is 0 Å². The van der Waals surface area contributed by atoms with Crippen molar-refractivity contribution in [1.82, 2.24) is 0 Å². The van der Waals surface area contributed by atoms with Gasteiger partial charge in [-0.05, 0) is 28.1 Å². The lowest BCUT2D eigenvalue weighted by Gasteiger charge is -2.14. The van der Waals surface area contributed by atoms with Gasteiger partial charge in [-0.2, -0.15) is 0 Å². The van der Waals surface area contributed by atoms with E-state index >= 15 is 0 Å². The molecule has 0 unspecified atom stereocenters. The third-order valence-electron chi connectivity index (χ3n) is 4.67. The highest BCUT2D eigenvalue weighted by Gasteiger charge is 2.29. The van der Waals surface area contributed by atoms with Crippen molar-refractivity contribution in [1.29, 1.82) is 0 Å². The van der Waals surface area contributed by atoms with Crippen molar-refractivity contribution in [2.24, 2.45) is 0 Å². The van der Waals surface area contributed by atoms with E-state index in [0.29, 0.717) is 24.0 Å². The number of rotatable bonds is 0. The van der Waals surface area contributed by atoms with Crippen molar-refractivity contribution in [2.45, 2.75) is 12.8 Å². The van der Waals surface area contributed by atoms with Crippen LogP contribution in [0.2, 0.25) is 0 Å². The smallest absolute Gasteiger partial charge is 0.197 e. The lowest BCUT2D eigenvalue weighted by atomic mass is 9.87. The van der Waals surface area contributed by atoms with Crippen molar-refractivity contribution >= 4 is 34.7 Å². The maximum atomic E-state index is 13.0. The molecule has 110 valence electrons. The van der Waals surface area contributed by atoms with Crippen LogP contribution in [-0.2, 0) is 11.2 Å². The van der Waals surface area contributed by atoms with Crippen molar-refractivity contribution < 1.29 is 14.0 Å². The molecule has 0 aliphatic heterocycles. The van der Waals surface area contributed by atoms with E-state index in [1.54, 1.807) is 6.08 Å². The summed E-state index contributed by atoms with van der Waals surface area (Å²) >= 11 is 0. The lowest BCUT2D eigenvalue weighted by Crippen LogP contribution is -2.30. The van der Waals surface area contributed by atoms with Gasteiger partial charge in [0, 0.05) is 23.8 Å². The highest BCUT2D eigenvalue weighted by atomic mass is 16.3. The highest BCUT2D eigenvalue weighted by Crippen LogP contribution is 2.33. The molecule has 0 spiro atoms. The Morgan fingerprint density at radius 3 is 2.78 bits per heavy atom. The molecule has 0 bridgehead atoms. The van der Waals surface area contributed by atoms with Gasteiger partial charge >= 0.3 is 0 Å². The van der Waals surface area contributed by atoms with E-state index in [1.165, 1.54) is 0 Å². The lowest BCUT2D eigenvalue weighted by molar-refractivity contribution is -0.112. The Bertz CT molecular complexity index is 1150. The van der Waals surface area contributed by atoms with Crippen LogP contribution < -0.4 is 10.4 Å². The molecule has 1 aromatic heterocycles. The number of ketones is 2. The fraction of sp³-hybridized carbons (Fsp3) is 0.100. The highest BCUT2D eigenvalue weighted by molar-refractivity contribution is 6.19. The van der Waals surface area contributed by atoms with Crippen LogP contribution in [-0.4, -0.2) is 11.6 Å². The summed E-state index contributed by atoms with van der Waals surface area (Å²) in [5.74, 6) is 0.826. The summed E-state index contributed by atoms with van der Waals surface area (Å²) in [7, 11) is 0. The SMILES string of the molecule is O=C1C=c2ccc3oc4c(c3c2=CC1)C(=O)c1ccccc1C4. The molecular weight excluding hydrogens is 288 g/mol. The molecule has 5 rings (SSSR count). The van der Waals surface area contributed by atoms with E-state index in [9.17, 15) is 9.59 Å². The zero-order valence-corrected chi connectivity index (χ0v) is 12.3. The number of hydrogen-bond donors (Lipinski definition) is 0. The van der Waals surface area contributed by atoms with E-state index in [4.69, 9.17) is 4.42 Å². The van der Waals surface area contributed by atoms with Crippen LogP contribution in [0.25, 0.3) is 23.1 Å². The minimum Gasteiger partial charge on any atom is -0.460 e. The molecule has 0 radical (unpaired) electrons. The van der Waals surface area contributed by atoms with Crippen LogP contribution in [0.1, 0.15) is 33.7 Å². The van der Waals surface area contributed by atoms with Crippen molar-refractivity contribution in [3.8, 4) is 0 Å². The summed E-state index contributed by atoms with van der Waals surface area (Å²) in [4.78, 5) is 24.6. The summed E-state index contributed by atoms with van der Waals surface area (Å²) in [5.41, 5.74) is 3.13. The molecule has 3 aromatic rings. The van der Waals surface area contributed by atoms with E-state index in [2.05, 4.69) is 0 Å². The Hall–Kier alpha value is -2.94. The van der Waals surface area contributed by atoms with Gasteiger partial charge in [0.1, 0.15) is 11.3 Å². The maximum Gasteiger partial charge on any atom is 0.197 e. The number of Topliss-reactive ketones (excluding diaryl/α,β-unsaturated/α-hetero) is 1. The van der Waals surface area contributed by atoms with Crippen LogP contribution in [0.4, 0.5) is 0 Å². The molecule has 0 saturated carbocycles. The molecule has 0 fully saturated rings. The van der Waals surface area contributed by atoms with Crippen LogP contribution in [0.5, 0.6) is 0 Å². The monoisotopic (exact) mass is 300 g/mol. The van der Waals surface area contributed by atoms with E-state index in [-0.39, 0.29) is 11.6 Å². The van der Waals surface area contributed by atoms with Gasteiger partial charge in [-0.1, -0.05) is 36.4 Å². The Labute approximate surface area is 131 Å². The van der Waals surface area contributed by atoms with Gasteiger partial charge in [0.05, 0.1) is 5.56 Å². The van der Waals surface area contributed by atoms with Crippen LogP contribution in [0, 0.1) is 0 Å². The minimum absolute atomic E-state index is 0.0132. The summed E-state index contributed by atoms with van der Waals surface area (Å²) in [6, 6.07) is 11.4. The molecule has 0 amide bonds. The quantitative estimate of drug-likeness (QED) is 0.500. The maximum absolute atomic E-state index is 13.0. The Balaban J connectivity index is 1.91. The number of carbonyl (C=O) groups is 2. The molecular formula is C20H12O3. The van der Waals surface area contributed by atoms with Crippen molar-refractivity contribution in [2.75, 3.05) is 0 Å². The first-order valence-electron chi connectivity index (χ1n) is 7.64. The molecule has 0 atom stereocenters. The second-order valence-electron chi connectivity index (χ2n) is 6.02. The van der Waals surface area contributed by atoms with Gasteiger partial charge in [-0.3, -0.25) is 9.59 Å². The van der Waals surface area contributed by atoms with Gasteiger partial charge in [-0.15, -0.1) is 0 Å². The number of fused-ring (bicyclic) bond motifs is 6. The van der Waals surface area contributed by atoms with Gasteiger partial charge in [0.25, 0.3) is 0 Å². The second kappa shape index (κ2) is 4.29. The standard InChI is InChI=1S/C20H12O3/c21-13-6-7-14-12(9-13)5-8-16-18(14)19-17(23-16)10-11-3-1-2-4-15(11)20(19)22/h1-5,7-9H,6,10H2. The third-order valence-corrected chi connectivity index (χ3v) is 4.67. The number of furan rings is 1. The molecule has 3 nitrogen and oxygen atoms in total. The predicted molar refractivity (Wildman–Crippen MR) is 86.7 cm³/mol. The average Bonchev–Trinajstić information content (AvgIpc) is 2.93. The summed E-state index contributed by atoms with van der Waals surface area (Å²) < 4.78 is 5.97. The topological polar surface area (TPSA) is 47.3 Å². The molecule has 3 heteroatoms. The van der Waals surface area contributed by atoms with Crippen LogP contribution in [0.15, 0.2) is 40.8 Å². The van der Waals surface area contributed by atoms with Gasteiger partial charge in [0.15, 0.2) is 11.6 Å². The van der Waals surface area contributed by atoms with Crippen molar-refractivity contribution in [3.05, 3.63) is 69.3 Å². The van der Waals surface area contributed by atoms with Gasteiger partial charge in [-0.25, -0.2) is 0 Å². The fourth-order valence-corrected chi connectivity index (χ4v) is 3.63. The normalized spacial score (nSPS) is 15.5. The molecule has 1 heterocycles. The average molecular weight is 300 g/mol. The first kappa shape index (κ1) is 12.6.